The standard InChI is InChI=1S/C16H24N4O/c1-11(2)15-16(17)18-19-20(15)8-5-9-21-14-10-12(3)6-7-13(14)4/h6-7,10-11H,5,8-9,17H2,1-4H3. The number of rotatable bonds is 6. The van der Waals surface area contributed by atoms with Crippen molar-refractivity contribution in [1.82, 2.24) is 15.0 Å². The molecule has 114 valence electrons. The van der Waals surface area contributed by atoms with E-state index < -0.39 is 0 Å². The van der Waals surface area contributed by atoms with Crippen molar-refractivity contribution < 1.29 is 4.74 Å². The topological polar surface area (TPSA) is 66.0 Å². The van der Waals surface area contributed by atoms with Crippen molar-refractivity contribution >= 4 is 5.82 Å². The quantitative estimate of drug-likeness (QED) is 0.830. The molecule has 0 spiro atoms. The monoisotopic (exact) mass is 288 g/mol. The number of nitrogen functional groups attached to an aromatic ring is 1. The van der Waals surface area contributed by atoms with E-state index >= 15 is 0 Å². The molecule has 0 aliphatic heterocycles. The van der Waals surface area contributed by atoms with Gasteiger partial charge in [0, 0.05) is 13.0 Å². The van der Waals surface area contributed by atoms with Crippen molar-refractivity contribution in [1.29, 1.82) is 0 Å². The van der Waals surface area contributed by atoms with Gasteiger partial charge in [-0.3, -0.25) is 0 Å². The zero-order valence-corrected chi connectivity index (χ0v) is 13.3. The summed E-state index contributed by atoms with van der Waals surface area (Å²) in [4.78, 5) is 0. The minimum atomic E-state index is 0.319. The molecule has 0 amide bonds. The van der Waals surface area contributed by atoms with Crippen molar-refractivity contribution in [3.63, 3.8) is 0 Å². The van der Waals surface area contributed by atoms with Crippen LogP contribution in [0.3, 0.4) is 0 Å². The first-order valence-corrected chi connectivity index (χ1v) is 7.38. The van der Waals surface area contributed by atoms with Gasteiger partial charge in [-0.15, -0.1) is 5.10 Å². The summed E-state index contributed by atoms with van der Waals surface area (Å²) in [7, 11) is 0. The highest BCUT2D eigenvalue weighted by molar-refractivity contribution is 5.36. The molecule has 2 aromatic rings. The van der Waals surface area contributed by atoms with E-state index in [2.05, 4.69) is 56.2 Å². The fourth-order valence-electron chi connectivity index (χ4n) is 2.35. The van der Waals surface area contributed by atoms with Crippen molar-refractivity contribution in [2.45, 2.75) is 46.6 Å². The van der Waals surface area contributed by atoms with Gasteiger partial charge in [-0.2, -0.15) is 0 Å². The molecule has 2 rings (SSSR count). The number of hydrogen-bond acceptors (Lipinski definition) is 4. The van der Waals surface area contributed by atoms with Crippen LogP contribution >= 0.6 is 0 Å². The van der Waals surface area contributed by atoms with Gasteiger partial charge in [0.15, 0.2) is 5.82 Å². The molecule has 0 atom stereocenters. The number of nitrogens with two attached hydrogens (primary N) is 1. The number of aromatic nitrogens is 3. The highest BCUT2D eigenvalue weighted by Crippen LogP contribution is 2.21. The van der Waals surface area contributed by atoms with E-state index in [0.717, 1.165) is 30.0 Å². The van der Waals surface area contributed by atoms with Gasteiger partial charge in [0.05, 0.1) is 12.3 Å². The van der Waals surface area contributed by atoms with Crippen LogP contribution in [-0.2, 0) is 6.54 Å². The second-order valence-corrected chi connectivity index (χ2v) is 5.71. The molecule has 0 aliphatic carbocycles. The summed E-state index contributed by atoms with van der Waals surface area (Å²) in [5.41, 5.74) is 9.22. The van der Waals surface area contributed by atoms with Crippen LogP contribution in [-0.4, -0.2) is 21.6 Å². The maximum atomic E-state index is 5.85. The molecule has 5 heteroatoms. The van der Waals surface area contributed by atoms with Crippen molar-refractivity contribution in [2.75, 3.05) is 12.3 Å². The molecular formula is C16H24N4O. The predicted molar refractivity (Wildman–Crippen MR) is 84.6 cm³/mol. The van der Waals surface area contributed by atoms with Crippen LogP contribution in [0.5, 0.6) is 5.75 Å². The van der Waals surface area contributed by atoms with Crippen LogP contribution in [0.25, 0.3) is 0 Å². The molecule has 21 heavy (non-hydrogen) atoms. The van der Waals surface area contributed by atoms with Crippen molar-refractivity contribution in [3.05, 3.63) is 35.0 Å². The Hall–Kier alpha value is -2.04. The first-order chi connectivity index (χ1) is 9.99. The molecule has 1 heterocycles. The normalized spacial score (nSPS) is 11.1. The Kier molecular flexibility index (Phi) is 4.83. The number of hydrogen-bond donors (Lipinski definition) is 1. The van der Waals surface area contributed by atoms with Gasteiger partial charge in [-0.05, 0) is 37.0 Å². The highest BCUT2D eigenvalue weighted by atomic mass is 16.5. The molecule has 0 bridgehead atoms. The molecule has 2 N–H and O–H groups in total. The number of anilines is 1. The molecule has 0 unspecified atom stereocenters. The fourth-order valence-corrected chi connectivity index (χ4v) is 2.35. The van der Waals surface area contributed by atoms with E-state index in [1.807, 2.05) is 4.68 Å². The smallest absolute Gasteiger partial charge is 0.169 e. The minimum Gasteiger partial charge on any atom is -0.493 e. The molecule has 0 aliphatic rings. The van der Waals surface area contributed by atoms with E-state index in [1.54, 1.807) is 0 Å². The third-order valence-corrected chi connectivity index (χ3v) is 3.46. The summed E-state index contributed by atoms with van der Waals surface area (Å²) in [6, 6.07) is 6.25. The Labute approximate surface area is 126 Å². The highest BCUT2D eigenvalue weighted by Gasteiger charge is 2.13. The molecule has 0 saturated heterocycles. The predicted octanol–water partition coefficient (Wildman–Crippen LogP) is 3.07. The van der Waals surface area contributed by atoms with E-state index in [9.17, 15) is 0 Å². The van der Waals surface area contributed by atoms with Crippen LogP contribution in [0.4, 0.5) is 5.82 Å². The van der Waals surface area contributed by atoms with E-state index in [4.69, 9.17) is 10.5 Å². The lowest BCUT2D eigenvalue weighted by Crippen LogP contribution is -2.11. The van der Waals surface area contributed by atoms with Gasteiger partial charge in [0.25, 0.3) is 0 Å². The van der Waals surface area contributed by atoms with Crippen molar-refractivity contribution in [2.24, 2.45) is 0 Å². The average Bonchev–Trinajstić information content (AvgIpc) is 2.79. The summed E-state index contributed by atoms with van der Waals surface area (Å²) in [6.45, 7) is 9.74. The van der Waals surface area contributed by atoms with E-state index in [-0.39, 0.29) is 0 Å². The van der Waals surface area contributed by atoms with Crippen LogP contribution in [0.1, 0.15) is 43.0 Å². The molecule has 0 fully saturated rings. The van der Waals surface area contributed by atoms with E-state index in [1.165, 1.54) is 5.56 Å². The van der Waals surface area contributed by atoms with Gasteiger partial charge < -0.3 is 10.5 Å². The number of nitrogens with zero attached hydrogens (tertiary/aromatic N) is 3. The maximum absolute atomic E-state index is 5.85. The summed E-state index contributed by atoms with van der Waals surface area (Å²) in [5.74, 6) is 1.80. The zero-order chi connectivity index (χ0) is 15.4. The summed E-state index contributed by atoms with van der Waals surface area (Å²) >= 11 is 0. The van der Waals surface area contributed by atoms with Gasteiger partial charge in [0.1, 0.15) is 5.75 Å². The summed E-state index contributed by atoms with van der Waals surface area (Å²) in [6.07, 6.45) is 0.871. The minimum absolute atomic E-state index is 0.319. The number of aryl methyl sites for hydroxylation is 3. The molecule has 0 radical (unpaired) electrons. The lowest BCUT2D eigenvalue weighted by atomic mass is 10.1. The Morgan fingerprint density at radius 3 is 2.76 bits per heavy atom. The Balaban J connectivity index is 1.89. The van der Waals surface area contributed by atoms with Crippen LogP contribution < -0.4 is 10.5 Å². The van der Waals surface area contributed by atoms with E-state index in [0.29, 0.717) is 18.3 Å². The fraction of sp³-hybridized carbons (Fsp3) is 0.500. The zero-order valence-electron chi connectivity index (χ0n) is 13.3. The molecule has 5 nitrogen and oxygen atoms in total. The molecule has 1 aromatic carbocycles. The molecular weight excluding hydrogens is 264 g/mol. The molecule has 0 saturated carbocycles. The number of ether oxygens (including phenoxy) is 1. The largest absolute Gasteiger partial charge is 0.493 e. The third-order valence-electron chi connectivity index (χ3n) is 3.46. The SMILES string of the molecule is Cc1ccc(C)c(OCCCn2nnc(N)c2C(C)C)c1. The first kappa shape index (κ1) is 15.4. The molecule has 1 aromatic heterocycles. The Morgan fingerprint density at radius 2 is 2.05 bits per heavy atom. The van der Waals surface area contributed by atoms with Crippen LogP contribution in [0, 0.1) is 13.8 Å². The second-order valence-electron chi connectivity index (χ2n) is 5.71. The van der Waals surface area contributed by atoms with Gasteiger partial charge >= 0.3 is 0 Å². The van der Waals surface area contributed by atoms with Crippen molar-refractivity contribution in [3.8, 4) is 5.75 Å². The lowest BCUT2D eigenvalue weighted by molar-refractivity contribution is 0.294. The lowest BCUT2D eigenvalue weighted by Gasteiger charge is -2.12. The maximum Gasteiger partial charge on any atom is 0.169 e. The van der Waals surface area contributed by atoms with Gasteiger partial charge in [0.2, 0.25) is 0 Å². The average molecular weight is 288 g/mol. The Morgan fingerprint density at radius 1 is 1.29 bits per heavy atom. The third kappa shape index (κ3) is 3.74. The van der Waals surface area contributed by atoms with Crippen LogP contribution in [0.15, 0.2) is 18.2 Å². The first-order valence-electron chi connectivity index (χ1n) is 7.38. The second kappa shape index (κ2) is 6.61. The number of benzene rings is 1. The van der Waals surface area contributed by atoms with Crippen LogP contribution in [0.2, 0.25) is 0 Å². The van der Waals surface area contributed by atoms with Gasteiger partial charge in [-0.25, -0.2) is 4.68 Å². The summed E-state index contributed by atoms with van der Waals surface area (Å²) < 4.78 is 7.74. The van der Waals surface area contributed by atoms with Gasteiger partial charge in [-0.1, -0.05) is 31.2 Å². The Bertz CT molecular complexity index is 604. The summed E-state index contributed by atoms with van der Waals surface area (Å²) in [5, 5.41) is 8.05.